The van der Waals surface area contributed by atoms with E-state index in [0.717, 1.165) is 35.5 Å². The molecule has 0 spiro atoms. The number of aryl methyl sites for hydroxylation is 1. The minimum absolute atomic E-state index is 0.274. The summed E-state index contributed by atoms with van der Waals surface area (Å²) in [7, 11) is 1.73. The molecule has 2 N–H and O–H groups in total. The fraction of sp³-hybridized carbons (Fsp3) is 0.423. The fourth-order valence-electron chi connectivity index (χ4n) is 5.16. The lowest BCUT2D eigenvalue weighted by Gasteiger charge is -2.44. The van der Waals surface area contributed by atoms with Crippen molar-refractivity contribution in [2.45, 2.75) is 58.8 Å². The zero-order valence-corrected chi connectivity index (χ0v) is 20.0. The van der Waals surface area contributed by atoms with Crippen LogP contribution < -0.4 is 15.5 Å². The van der Waals surface area contributed by atoms with Crippen LogP contribution in [0.5, 0.6) is 0 Å². The number of nitrogens with one attached hydrogen (secondary N) is 2. The summed E-state index contributed by atoms with van der Waals surface area (Å²) in [5.74, 6) is 1.12. The molecule has 2 heterocycles. The monoisotopic (exact) mass is 447 g/mol. The van der Waals surface area contributed by atoms with Gasteiger partial charge in [-0.15, -0.1) is 0 Å². The molecular formula is C26H33N5O2. The van der Waals surface area contributed by atoms with Gasteiger partial charge in [0, 0.05) is 30.4 Å². The number of benzene rings is 2. The number of likely N-dealkylation sites (N-methyl/N-ethyl adjacent to an activating group) is 1. The second-order valence-corrected chi connectivity index (χ2v) is 9.42. The van der Waals surface area contributed by atoms with Crippen LogP contribution in [0.1, 0.15) is 44.7 Å². The van der Waals surface area contributed by atoms with Gasteiger partial charge in [0.15, 0.2) is 0 Å². The SMILES string of the molecule is Cc1cccc(NC(=O)N[C@@H]2N=C(N3C(C)CC(C)CC3C)c3ccccc3N(C)C2=O)c1. The number of aliphatic imine (C=N–C) groups is 1. The summed E-state index contributed by atoms with van der Waals surface area (Å²) in [6.07, 6.45) is 1.09. The Morgan fingerprint density at radius 3 is 2.42 bits per heavy atom. The van der Waals surface area contributed by atoms with E-state index < -0.39 is 12.2 Å². The molecule has 0 radical (unpaired) electrons. The summed E-state index contributed by atoms with van der Waals surface area (Å²) >= 11 is 0. The summed E-state index contributed by atoms with van der Waals surface area (Å²) in [6, 6.07) is 15.4. The van der Waals surface area contributed by atoms with E-state index in [-0.39, 0.29) is 18.0 Å². The largest absolute Gasteiger partial charge is 0.351 e. The second kappa shape index (κ2) is 9.25. The highest BCUT2D eigenvalue weighted by Gasteiger charge is 2.37. The Balaban J connectivity index is 1.69. The maximum absolute atomic E-state index is 13.4. The zero-order chi connectivity index (χ0) is 23.7. The van der Waals surface area contributed by atoms with Crippen molar-refractivity contribution in [3.8, 4) is 0 Å². The van der Waals surface area contributed by atoms with Gasteiger partial charge in [-0.3, -0.25) is 4.79 Å². The van der Waals surface area contributed by atoms with Gasteiger partial charge in [-0.05, 0) is 69.4 Å². The molecule has 3 amide bonds. The van der Waals surface area contributed by atoms with Crippen LogP contribution >= 0.6 is 0 Å². The van der Waals surface area contributed by atoms with Gasteiger partial charge in [0.1, 0.15) is 5.84 Å². The van der Waals surface area contributed by atoms with Crippen LogP contribution in [0.4, 0.5) is 16.2 Å². The molecule has 4 rings (SSSR count). The van der Waals surface area contributed by atoms with Crippen molar-refractivity contribution in [1.29, 1.82) is 0 Å². The molecule has 2 aromatic carbocycles. The van der Waals surface area contributed by atoms with Crippen molar-refractivity contribution < 1.29 is 9.59 Å². The molecule has 1 fully saturated rings. The van der Waals surface area contributed by atoms with Crippen molar-refractivity contribution in [2.75, 3.05) is 17.3 Å². The molecule has 2 aliphatic heterocycles. The van der Waals surface area contributed by atoms with Crippen molar-refractivity contribution in [3.63, 3.8) is 0 Å². The molecule has 0 aromatic heterocycles. The molecule has 2 unspecified atom stereocenters. The quantitative estimate of drug-likeness (QED) is 0.718. The minimum atomic E-state index is -1.03. The molecule has 3 atom stereocenters. The number of hydrogen-bond donors (Lipinski definition) is 2. The van der Waals surface area contributed by atoms with Crippen LogP contribution in [0.3, 0.4) is 0 Å². The number of carbonyl (C=O) groups excluding carboxylic acids is 2. The van der Waals surface area contributed by atoms with Gasteiger partial charge in [0.05, 0.1) is 5.69 Å². The molecule has 7 heteroatoms. The predicted molar refractivity (Wildman–Crippen MR) is 133 cm³/mol. The first kappa shape index (κ1) is 22.8. The molecule has 0 bridgehead atoms. The Morgan fingerprint density at radius 2 is 1.73 bits per heavy atom. The van der Waals surface area contributed by atoms with E-state index >= 15 is 0 Å². The Kier molecular flexibility index (Phi) is 6.40. The van der Waals surface area contributed by atoms with Crippen LogP contribution in [0.25, 0.3) is 0 Å². The van der Waals surface area contributed by atoms with Crippen LogP contribution in [-0.2, 0) is 4.79 Å². The standard InChI is InChI=1S/C26H33N5O2/c1-16-9-8-10-20(15-16)27-26(33)29-23-25(32)30(5)22-12-7-6-11-21(22)24(28-23)31-18(3)13-17(2)14-19(31)4/h6-12,15,17-19,23H,13-14H2,1-5H3,(H2,27,29,33)/t17?,18?,19?,23-/m0/s1. The number of fused-ring (bicyclic) bond motifs is 1. The Morgan fingerprint density at radius 1 is 1.03 bits per heavy atom. The average molecular weight is 448 g/mol. The Hall–Kier alpha value is -3.35. The number of nitrogens with zero attached hydrogens (tertiary/aromatic N) is 3. The number of hydrogen-bond acceptors (Lipinski definition) is 4. The number of amidine groups is 1. The minimum Gasteiger partial charge on any atom is -0.351 e. The van der Waals surface area contributed by atoms with E-state index in [1.807, 2.05) is 55.5 Å². The van der Waals surface area contributed by atoms with Gasteiger partial charge in [0.2, 0.25) is 6.17 Å². The smallest absolute Gasteiger partial charge is 0.321 e. The Labute approximate surface area is 195 Å². The van der Waals surface area contributed by atoms with Gasteiger partial charge in [-0.1, -0.05) is 31.2 Å². The number of benzodiazepines with no additional fused rings is 1. The highest BCUT2D eigenvalue weighted by molar-refractivity contribution is 6.12. The first-order valence-corrected chi connectivity index (χ1v) is 11.6. The normalized spacial score (nSPS) is 25.1. The molecule has 174 valence electrons. The molecule has 33 heavy (non-hydrogen) atoms. The first-order chi connectivity index (χ1) is 15.7. The van der Waals surface area contributed by atoms with Crippen molar-refractivity contribution in [3.05, 3.63) is 59.7 Å². The summed E-state index contributed by atoms with van der Waals surface area (Å²) in [6.45, 7) is 8.66. The van der Waals surface area contributed by atoms with Gasteiger partial charge in [-0.2, -0.15) is 0 Å². The number of amides is 3. The van der Waals surface area contributed by atoms with Gasteiger partial charge >= 0.3 is 6.03 Å². The second-order valence-electron chi connectivity index (χ2n) is 9.42. The van der Waals surface area contributed by atoms with Crippen LogP contribution in [0, 0.1) is 12.8 Å². The maximum Gasteiger partial charge on any atom is 0.321 e. The van der Waals surface area contributed by atoms with Crippen molar-refractivity contribution in [1.82, 2.24) is 10.2 Å². The molecule has 0 saturated carbocycles. The average Bonchev–Trinajstić information content (AvgIpc) is 2.84. The predicted octanol–water partition coefficient (Wildman–Crippen LogP) is 4.37. The zero-order valence-electron chi connectivity index (χ0n) is 20.0. The maximum atomic E-state index is 13.4. The molecule has 7 nitrogen and oxygen atoms in total. The summed E-state index contributed by atoms with van der Waals surface area (Å²) in [5, 5.41) is 5.62. The number of rotatable bonds is 2. The molecule has 1 saturated heterocycles. The number of anilines is 2. The summed E-state index contributed by atoms with van der Waals surface area (Å²) < 4.78 is 0. The number of urea groups is 1. The van der Waals surface area contributed by atoms with E-state index in [4.69, 9.17) is 4.99 Å². The summed E-state index contributed by atoms with van der Waals surface area (Å²) in [4.78, 5) is 34.9. The van der Waals surface area contributed by atoms with Crippen LogP contribution in [0.2, 0.25) is 0 Å². The topological polar surface area (TPSA) is 77.0 Å². The number of piperidine rings is 1. The van der Waals surface area contributed by atoms with Crippen molar-refractivity contribution in [2.24, 2.45) is 10.9 Å². The van der Waals surface area contributed by atoms with Gasteiger partial charge < -0.3 is 20.4 Å². The lowest BCUT2D eigenvalue weighted by Crippen LogP contribution is -2.51. The third kappa shape index (κ3) is 4.72. The van der Waals surface area contributed by atoms with Gasteiger partial charge in [0.25, 0.3) is 5.91 Å². The number of para-hydroxylation sites is 1. The highest BCUT2D eigenvalue weighted by atomic mass is 16.2. The highest BCUT2D eigenvalue weighted by Crippen LogP contribution is 2.33. The van der Waals surface area contributed by atoms with E-state index in [1.54, 1.807) is 11.9 Å². The van der Waals surface area contributed by atoms with E-state index in [9.17, 15) is 9.59 Å². The lowest BCUT2D eigenvalue weighted by atomic mass is 9.88. The number of likely N-dealkylation sites (tertiary alicyclic amines) is 1. The van der Waals surface area contributed by atoms with Gasteiger partial charge in [-0.25, -0.2) is 9.79 Å². The van der Waals surface area contributed by atoms with E-state index in [2.05, 4.69) is 36.3 Å². The number of carbonyl (C=O) groups is 2. The first-order valence-electron chi connectivity index (χ1n) is 11.6. The fourth-order valence-corrected chi connectivity index (χ4v) is 5.16. The molecule has 0 aliphatic carbocycles. The van der Waals surface area contributed by atoms with Crippen LogP contribution in [-0.4, -0.2) is 48.0 Å². The third-order valence-electron chi connectivity index (χ3n) is 6.55. The van der Waals surface area contributed by atoms with Crippen molar-refractivity contribution >= 4 is 29.1 Å². The Bertz CT molecular complexity index is 1070. The molecule has 2 aromatic rings. The molecular weight excluding hydrogens is 414 g/mol. The van der Waals surface area contributed by atoms with Crippen LogP contribution in [0.15, 0.2) is 53.5 Å². The summed E-state index contributed by atoms with van der Waals surface area (Å²) in [5.41, 5.74) is 3.41. The molecule has 2 aliphatic rings. The van der Waals surface area contributed by atoms with E-state index in [0.29, 0.717) is 11.6 Å². The van der Waals surface area contributed by atoms with E-state index in [1.165, 1.54) is 0 Å². The lowest BCUT2D eigenvalue weighted by molar-refractivity contribution is -0.119. The third-order valence-corrected chi connectivity index (χ3v) is 6.55.